The number of hydrogen-bond donors (Lipinski definition) is 1. The number of anilines is 3. The molecular weight excluding hydrogens is 386 g/mol. The van der Waals surface area contributed by atoms with Crippen LogP contribution in [0.15, 0.2) is 36.5 Å². The van der Waals surface area contributed by atoms with Gasteiger partial charge in [0.1, 0.15) is 5.82 Å². The Hall–Kier alpha value is -2.73. The Balaban J connectivity index is 1.45. The number of aromatic nitrogens is 3. The standard InChI is InChI=1S/C25H31N5O/c1-17-14-22-23(26-15-17)28-25(30-12-13-31-18(2)16-30)29-24(22)27-21-10-8-20(9-11-21)19-6-4-3-5-7-19/h8-11,14-15,18-19H,3-7,12-13,16H2,1-2H3,(H,26,27,28,29). The summed E-state index contributed by atoms with van der Waals surface area (Å²) in [6.07, 6.45) is 8.76. The lowest BCUT2D eigenvalue weighted by atomic mass is 9.84. The van der Waals surface area contributed by atoms with Crippen molar-refractivity contribution in [3.8, 4) is 0 Å². The Morgan fingerprint density at radius 2 is 1.87 bits per heavy atom. The van der Waals surface area contributed by atoms with E-state index in [1.165, 1.54) is 37.7 Å². The second-order valence-corrected chi connectivity index (χ2v) is 8.97. The number of fused-ring (bicyclic) bond motifs is 1. The number of pyridine rings is 1. The highest BCUT2D eigenvalue weighted by atomic mass is 16.5. The first-order valence-electron chi connectivity index (χ1n) is 11.5. The molecule has 6 nitrogen and oxygen atoms in total. The van der Waals surface area contributed by atoms with Crippen molar-refractivity contribution in [2.24, 2.45) is 0 Å². The number of hydrogen-bond acceptors (Lipinski definition) is 6. The maximum atomic E-state index is 5.69. The molecule has 6 heteroatoms. The van der Waals surface area contributed by atoms with Crippen LogP contribution in [-0.2, 0) is 4.74 Å². The summed E-state index contributed by atoms with van der Waals surface area (Å²) in [6, 6.07) is 11.0. The fraction of sp³-hybridized carbons (Fsp3) is 0.480. The van der Waals surface area contributed by atoms with Gasteiger partial charge >= 0.3 is 0 Å². The molecular formula is C25H31N5O. The topological polar surface area (TPSA) is 63.2 Å². The molecule has 1 saturated heterocycles. The number of rotatable bonds is 4. The SMILES string of the molecule is Cc1cnc2nc(N3CCOC(C)C3)nc(Nc3ccc(C4CCCCC4)cc3)c2c1. The lowest BCUT2D eigenvalue weighted by molar-refractivity contribution is 0.0526. The maximum Gasteiger partial charge on any atom is 0.229 e. The first kappa shape index (κ1) is 20.2. The number of nitrogens with one attached hydrogen (secondary N) is 1. The third-order valence-electron chi connectivity index (χ3n) is 6.45. The molecule has 1 atom stereocenters. The molecule has 1 saturated carbocycles. The normalized spacial score (nSPS) is 20.2. The van der Waals surface area contributed by atoms with Gasteiger partial charge in [0.15, 0.2) is 5.65 Å². The van der Waals surface area contributed by atoms with Crippen LogP contribution in [0.2, 0.25) is 0 Å². The molecule has 5 rings (SSSR count). The van der Waals surface area contributed by atoms with Gasteiger partial charge in [0.25, 0.3) is 0 Å². The van der Waals surface area contributed by atoms with Crippen LogP contribution in [0.1, 0.15) is 56.1 Å². The molecule has 0 spiro atoms. The van der Waals surface area contributed by atoms with Crippen molar-refractivity contribution in [3.05, 3.63) is 47.7 Å². The minimum atomic E-state index is 0.169. The molecule has 0 amide bonds. The average molecular weight is 418 g/mol. The summed E-state index contributed by atoms with van der Waals surface area (Å²) in [5.41, 5.74) is 4.32. The monoisotopic (exact) mass is 417 g/mol. The third kappa shape index (κ3) is 4.49. The molecule has 2 fully saturated rings. The Morgan fingerprint density at radius 3 is 2.65 bits per heavy atom. The molecule has 0 radical (unpaired) electrons. The summed E-state index contributed by atoms with van der Waals surface area (Å²) in [5.74, 6) is 2.23. The van der Waals surface area contributed by atoms with Crippen molar-refractivity contribution in [1.29, 1.82) is 0 Å². The van der Waals surface area contributed by atoms with Crippen molar-refractivity contribution >= 4 is 28.5 Å². The van der Waals surface area contributed by atoms with Crippen molar-refractivity contribution in [3.63, 3.8) is 0 Å². The lowest BCUT2D eigenvalue weighted by Crippen LogP contribution is -2.42. The molecule has 1 aliphatic carbocycles. The zero-order valence-electron chi connectivity index (χ0n) is 18.5. The van der Waals surface area contributed by atoms with Crippen LogP contribution in [0, 0.1) is 6.92 Å². The summed E-state index contributed by atoms with van der Waals surface area (Å²) in [7, 11) is 0. The molecule has 1 aromatic carbocycles. The smallest absolute Gasteiger partial charge is 0.229 e. The second kappa shape index (κ2) is 8.79. The van der Waals surface area contributed by atoms with Crippen LogP contribution >= 0.6 is 0 Å². The molecule has 1 N–H and O–H groups in total. The molecule has 1 aliphatic heterocycles. The zero-order valence-corrected chi connectivity index (χ0v) is 18.5. The first-order chi connectivity index (χ1) is 15.2. The first-order valence-corrected chi connectivity index (χ1v) is 11.5. The number of aryl methyl sites for hydroxylation is 1. The minimum absolute atomic E-state index is 0.169. The van der Waals surface area contributed by atoms with E-state index in [2.05, 4.69) is 52.5 Å². The van der Waals surface area contributed by atoms with Gasteiger partial charge in [-0.25, -0.2) is 4.98 Å². The van der Waals surface area contributed by atoms with Crippen molar-refractivity contribution in [2.45, 2.75) is 58.0 Å². The molecule has 2 aliphatic rings. The van der Waals surface area contributed by atoms with Gasteiger partial charge < -0.3 is 15.0 Å². The van der Waals surface area contributed by atoms with E-state index in [9.17, 15) is 0 Å². The predicted molar refractivity (Wildman–Crippen MR) is 125 cm³/mol. The summed E-state index contributed by atoms with van der Waals surface area (Å²) in [6.45, 7) is 6.40. The largest absolute Gasteiger partial charge is 0.375 e. The van der Waals surface area contributed by atoms with Crippen molar-refractivity contribution < 1.29 is 4.74 Å². The van der Waals surface area contributed by atoms with Gasteiger partial charge in [-0.1, -0.05) is 31.4 Å². The average Bonchev–Trinajstić information content (AvgIpc) is 2.80. The summed E-state index contributed by atoms with van der Waals surface area (Å²) >= 11 is 0. The Labute approximate surface area is 184 Å². The van der Waals surface area contributed by atoms with E-state index in [1.807, 2.05) is 13.1 Å². The number of nitrogens with zero attached hydrogens (tertiary/aromatic N) is 4. The Kier molecular flexibility index (Phi) is 5.72. The quantitative estimate of drug-likeness (QED) is 0.617. The fourth-order valence-electron chi connectivity index (χ4n) is 4.75. The molecule has 2 aromatic heterocycles. The van der Waals surface area contributed by atoms with Crippen LogP contribution in [0.25, 0.3) is 11.0 Å². The summed E-state index contributed by atoms with van der Waals surface area (Å²) < 4.78 is 5.69. The van der Waals surface area contributed by atoms with Gasteiger partial charge in [-0.15, -0.1) is 0 Å². The van der Waals surface area contributed by atoms with Crippen molar-refractivity contribution in [2.75, 3.05) is 29.9 Å². The van der Waals surface area contributed by atoms with Crippen LogP contribution in [0.4, 0.5) is 17.5 Å². The van der Waals surface area contributed by atoms with Gasteiger partial charge in [0, 0.05) is 25.0 Å². The zero-order chi connectivity index (χ0) is 21.2. The van der Waals surface area contributed by atoms with E-state index in [4.69, 9.17) is 14.7 Å². The molecule has 0 bridgehead atoms. The summed E-state index contributed by atoms with van der Waals surface area (Å²) in [4.78, 5) is 16.4. The van der Waals surface area contributed by atoms with Gasteiger partial charge in [-0.2, -0.15) is 9.97 Å². The molecule has 3 heterocycles. The van der Waals surface area contributed by atoms with Crippen LogP contribution < -0.4 is 10.2 Å². The van der Waals surface area contributed by atoms with Gasteiger partial charge in [-0.3, -0.25) is 0 Å². The maximum absolute atomic E-state index is 5.69. The number of morpholine rings is 1. The van der Waals surface area contributed by atoms with Crippen molar-refractivity contribution in [1.82, 2.24) is 15.0 Å². The Bertz CT molecular complexity index is 1050. The second-order valence-electron chi connectivity index (χ2n) is 8.97. The highest BCUT2D eigenvalue weighted by molar-refractivity contribution is 5.89. The number of benzene rings is 1. The number of ether oxygens (including phenoxy) is 1. The van der Waals surface area contributed by atoms with E-state index in [1.54, 1.807) is 0 Å². The minimum Gasteiger partial charge on any atom is -0.375 e. The van der Waals surface area contributed by atoms with E-state index >= 15 is 0 Å². The van der Waals surface area contributed by atoms with Crippen LogP contribution in [-0.4, -0.2) is 40.8 Å². The third-order valence-corrected chi connectivity index (χ3v) is 6.45. The van der Waals surface area contributed by atoms with Crippen LogP contribution in [0.3, 0.4) is 0 Å². The fourth-order valence-corrected chi connectivity index (χ4v) is 4.75. The lowest BCUT2D eigenvalue weighted by Gasteiger charge is -2.31. The van der Waals surface area contributed by atoms with Crippen LogP contribution in [0.5, 0.6) is 0 Å². The van der Waals surface area contributed by atoms with Gasteiger partial charge in [0.05, 0.1) is 18.1 Å². The summed E-state index contributed by atoms with van der Waals surface area (Å²) in [5, 5.41) is 4.49. The van der Waals surface area contributed by atoms with Gasteiger partial charge in [-0.05, 0) is 61.9 Å². The van der Waals surface area contributed by atoms with Gasteiger partial charge in [0.2, 0.25) is 5.95 Å². The highest BCUT2D eigenvalue weighted by Crippen LogP contribution is 2.34. The van der Waals surface area contributed by atoms with E-state index in [0.29, 0.717) is 18.5 Å². The molecule has 31 heavy (non-hydrogen) atoms. The predicted octanol–water partition coefficient (Wildman–Crippen LogP) is 5.35. The van der Waals surface area contributed by atoms with E-state index in [0.717, 1.165) is 41.2 Å². The van der Waals surface area contributed by atoms with E-state index < -0.39 is 0 Å². The molecule has 162 valence electrons. The molecule has 1 unspecified atom stereocenters. The Morgan fingerprint density at radius 1 is 1.06 bits per heavy atom. The van der Waals surface area contributed by atoms with E-state index in [-0.39, 0.29) is 6.10 Å². The molecule has 3 aromatic rings. The highest BCUT2D eigenvalue weighted by Gasteiger charge is 2.21.